The first kappa shape index (κ1) is 23.8. The van der Waals surface area contributed by atoms with E-state index in [-0.39, 0.29) is 11.9 Å². The molecule has 0 bridgehead atoms. The van der Waals surface area contributed by atoms with Gasteiger partial charge in [0.25, 0.3) is 5.91 Å². The van der Waals surface area contributed by atoms with E-state index < -0.39 is 0 Å². The Labute approximate surface area is 211 Å². The van der Waals surface area contributed by atoms with Crippen LogP contribution in [0, 0.1) is 12.8 Å². The number of nitrogens with two attached hydrogens (primary N) is 2. The van der Waals surface area contributed by atoms with Crippen LogP contribution in [0.25, 0.3) is 5.69 Å². The maximum atomic E-state index is 13.4. The van der Waals surface area contributed by atoms with Crippen molar-refractivity contribution in [2.45, 2.75) is 32.4 Å². The van der Waals surface area contributed by atoms with E-state index in [0.717, 1.165) is 51.9 Å². The highest BCUT2D eigenvalue weighted by molar-refractivity contribution is 6.03. The monoisotopic (exact) mass is 480 g/mol. The number of amides is 1. The van der Waals surface area contributed by atoms with E-state index in [1.807, 2.05) is 67.6 Å². The summed E-state index contributed by atoms with van der Waals surface area (Å²) < 4.78 is 1.67. The second-order valence-electron chi connectivity index (χ2n) is 9.49. The Hall–Kier alpha value is -3.94. The van der Waals surface area contributed by atoms with Gasteiger partial charge in [0.1, 0.15) is 5.69 Å². The Bertz CT molecular complexity index is 1370. The first-order valence-electron chi connectivity index (χ1n) is 12.4. The zero-order valence-corrected chi connectivity index (χ0v) is 20.4. The van der Waals surface area contributed by atoms with Crippen LogP contribution in [0.15, 0.2) is 78.9 Å². The molecule has 1 saturated carbocycles. The summed E-state index contributed by atoms with van der Waals surface area (Å²) in [7, 11) is 0. The predicted octanol–water partition coefficient (Wildman–Crippen LogP) is 4.56. The van der Waals surface area contributed by atoms with Gasteiger partial charge in [0, 0.05) is 17.9 Å². The van der Waals surface area contributed by atoms with Crippen LogP contribution in [0.1, 0.15) is 51.8 Å². The highest BCUT2D eigenvalue weighted by Crippen LogP contribution is 2.31. The molecule has 7 heteroatoms. The van der Waals surface area contributed by atoms with Gasteiger partial charge in [0.15, 0.2) is 0 Å². The fraction of sp³-hybridized carbons (Fsp3) is 0.241. The van der Waals surface area contributed by atoms with Crippen LogP contribution in [0.3, 0.4) is 0 Å². The third kappa shape index (κ3) is 5.48. The summed E-state index contributed by atoms with van der Waals surface area (Å²) in [4.78, 5) is 13.4. The van der Waals surface area contributed by atoms with Crippen LogP contribution >= 0.6 is 0 Å². The molecular formula is C29H32N6O. The lowest BCUT2D eigenvalue weighted by molar-refractivity contribution is 0.101. The van der Waals surface area contributed by atoms with Gasteiger partial charge < -0.3 is 22.1 Å². The molecule has 0 spiro atoms. The Kier molecular flexibility index (Phi) is 6.84. The van der Waals surface area contributed by atoms with E-state index >= 15 is 0 Å². The van der Waals surface area contributed by atoms with Crippen molar-refractivity contribution in [3.8, 4) is 5.69 Å². The smallest absolute Gasteiger partial charge is 0.274 e. The fourth-order valence-corrected chi connectivity index (χ4v) is 4.44. The van der Waals surface area contributed by atoms with Crippen molar-refractivity contribution in [2.75, 3.05) is 17.6 Å². The third-order valence-electron chi connectivity index (χ3n) is 6.48. The summed E-state index contributed by atoms with van der Waals surface area (Å²) in [6.45, 7) is 3.25. The van der Waals surface area contributed by atoms with Crippen molar-refractivity contribution in [3.63, 3.8) is 0 Å². The molecule has 0 saturated heterocycles. The summed E-state index contributed by atoms with van der Waals surface area (Å²) >= 11 is 0. The molecule has 36 heavy (non-hydrogen) atoms. The molecule has 1 aliphatic carbocycles. The second kappa shape index (κ2) is 10.4. The molecular weight excluding hydrogens is 448 g/mol. The minimum Gasteiger partial charge on any atom is -0.399 e. The van der Waals surface area contributed by atoms with Crippen LogP contribution < -0.4 is 22.1 Å². The number of hydrogen-bond acceptors (Lipinski definition) is 5. The van der Waals surface area contributed by atoms with Gasteiger partial charge in [-0.2, -0.15) is 5.10 Å². The van der Waals surface area contributed by atoms with Gasteiger partial charge in [-0.05, 0) is 91.4 Å². The molecule has 7 nitrogen and oxygen atoms in total. The Morgan fingerprint density at radius 2 is 1.78 bits per heavy atom. The molecule has 5 rings (SSSR count). The standard InChI is InChI=1S/C29H32N6O/c1-19-13-27(35(34-19)26-10-2-5-21(14-26)17-30)29(36)33-25-9-4-7-23(16-25)28(32-18-20-11-12-20)22-6-3-8-24(31)15-22/h2-10,13-16,20,28,32H,11-12,17-18,30-31H2,1H3,(H,33,36). The van der Waals surface area contributed by atoms with Gasteiger partial charge in [0.2, 0.25) is 0 Å². The van der Waals surface area contributed by atoms with E-state index in [4.69, 9.17) is 11.5 Å². The maximum Gasteiger partial charge on any atom is 0.274 e. The average Bonchev–Trinajstić information content (AvgIpc) is 3.63. The van der Waals surface area contributed by atoms with Crippen molar-refractivity contribution in [1.29, 1.82) is 0 Å². The van der Waals surface area contributed by atoms with E-state index in [9.17, 15) is 4.79 Å². The molecule has 1 atom stereocenters. The van der Waals surface area contributed by atoms with Gasteiger partial charge in [-0.3, -0.25) is 4.79 Å². The first-order valence-corrected chi connectivity index (χ1v) is 12.4. The number of benzene rings is 3. The van der Waals surface area contributed by atoms with Crippen molar-refractivity contribution in [1.82, 2.24) is 15.1 Å². The van der Waals surface area contributed by atoms with E-state index in [2.05, 4.69) is 27.9 Å². The molecule has 1 fully saturated rings. The fourth-order valence-electron chi connectivity index (χ4n) is 4.44. The lowest BCUT2D eigenvalue weighted by Crippen LogP contribution is -2.25. The number of carbonyl (C=O) groups is 1. The van der Waals surface area contributed by atoms with E-state index in [1.54, 1.807) is 10.7 Å². The lowest BCUT2D eigenvalue weighted by atomic mass is 9.97. The number of aryl methyl sites for hydroxylation is 1. The summed E-state index contributed by atoms with van der Waals surface area (Å²) in [6.07, 6.45) is 2.54. The number of nitrogens with one attached hydrogen (secondary N) is 2. The summed E-state index contributed by atoms with van der Waals surface area (Å²) in [5.41, 5.74) is 18.5. The summed E-state index contributed by atoms with van der Waals surface area (Å²) in [5, 5.41) is 11.3. The lowest BCUT2D eigenvalue weighted by Gasteiger charge is -2.21. The highest BCUT2D eigenvalue weighted by atomic mass is 16.2. The largest absolute Gasteiger partial charge is 0.399 e. The summed E-state index contributed by atoms with van der Waals surface area (Å²) in [6, 6.07) is 25.5. The van der Waals surface area contributed by atoms with Crippen LogP contribution in [0.5, 0.6) is 0 Å². The van der Waals surface area contributed by atoms with Gasteiger partial charge in [0.05, 0.1) is 17.4 Å². The topological polar surface area (TPSA) is 111 Å². The molecule has 1 amide bonds. The van der Waals surface area contributed by atoms with Crippen molar-refractivity contribution >= 4 is 17.3 Å². The van der Waals surface area contributed by atoms with Crippen molar-refractivity contribution in [2.24, 2.45) is 11.7 Å². The van der Waals surface area contributed by atoms with Crippen LogP contribution in [-0.2, 0) is 6.54 Å². The van der Waals surface area contributed by atoms with Crippen molar-refractivity contribution < 1.29 is 4.79 Å². The highest BCUT2D eigenvalue weighted by Gasteiger charge is 2.24. The zero-order chi connectivity index (χ0) is 25.1. The molecule has 0 radical (unpaired) electrons. The number of carbonyl (C=O) groups excluding carboxylic acids is 1. The number of nitrogens with zero attached hydrogens (tertiary/aromatic N) is 2. The molecule has 6 N–H and O–H groups in total. The van der Waals surface area contributed by atoms with E-state index in [0.29, 0.717) is 12.2 Å². The minimum atomic E-state index is -0.225. The number of rotatable bonds is 9. The van der Waals surface area contributed by atoms with Crippen LogP contribution in [0.4, 0.5) is 11.4 Å². The number of hydrogen-bond donors (Lipinski definition) is 4. The molecule has 184 valence electrons. The molecule has 4 aromatic rings. The second-order valence-corrected chi connectivity index (χ2v) is 9.49. The number of aromatic nitrogens is 2. The quantitative estimate of drug-likeness (QED) is 0.262. The number of nitrogen functional groups attached to an aromatic ring is 1. The Morgan fingerprint density at radius 3 is 2.53 bits per heavy atom. The van der Waals surface area contributed by atoms with Crippen LogP contribution in [0.2, 0.25) is 0 Å². The molecule has 0 aliphatic heterocycles. The zero-order valence-electron chi connectivity index (χ0n) is 20.4. The SMILES string of the molecule is Cc1cc(C(=O)Nc2cccc(C(NCC3CC3)c3cccc(N)c3)c2)n(-c2cccc(CN)c2)n1. The number of anilines is 2. The average molecular weight is 481 g/mol. The van der Waals surface area contributed by atoms with E-state index in [1.165, 1.54) is 12.8 Å². The maximum absolute atomic E-state index is 13.4. The van der Waals surface area contributed by atoms with Crippen LogP contribution in [-0.4, -0.2) is 22.2 Å². The van der Waals surface area contributed by atoms with Gasteiger partial charge in [-0.1, -0.05) is 36.4 Å². The normalized spacial score (nSPS) is 13.9. The predicted molar refractivity (Wildman–Crippen MR) is 144 cm³/mol. The molecule has 1 unspecified atom stereocenters. The van der Waals surface area contributed by atoms with Gasteiger partial charge in [-0.15, -0.1) is 0 Å². The van der Waals surface area contributed by atoms with Crippen molar-refractivity contribution in [3.05, 3.63) is 107 Å². The van der Waals surface area contributed by atoms with Gasteiger partial charge in [-0.25, -0.2) is 4.68 Å². The molecule has 1 heterocycles. The van der Waals surface area contributed by atoms with Gasteiger partial charge >= 0.3 is 0 Å². The molecule has 1 aromatic heterocycles. The first-order chi connectivity index (χ1) is 17.5. The Balaban J connectivity index is 1.41. The Morgan fingerprint density at radius 1 is 1.03 bits per heavy atom. The minimum absolute atomic E-state index is 0.0160. The molecule has 3 aromatic carbocycles. The third-order valence-corrected chi connectivity index (χ3v) is 6.48. The summed E-state index contributed by atoms with van der Waals surface area (Å²) in [5.74, 6) is 0.509. The molecule has 1 aliphatic rings.